The van der Waals surface area contributed by atoms with Crippen molar-refractivity contribution in [3.05, 3.63) is 59.2 Å². The lowest BCUT2D eigenvalue weighted by Crippen LogP contribution is -2.01. The lowest BCUT2D eigenvalue weighted by Gasteiger charge is -2.04. The van der Waals surface area contributed by atoms with Gasteiger partial charge in [0.15, 0.2) is 5.78 Å². The van der Waals surface area contributed by atoms with E-state index in [1.54, 1.807) is 0 Å². The summed E-state index contributed by atoms with van der Waals surface area (Å²) >= 11 is 0. The van der Waals surface area contributed by atoms with Crippen LogP contribution in [0.1, 0.15) is 34.3 Å². The number of carbonyl (C=O) groups is 1. The topological polar surface area (TPSA) is 17.1 Å². The summed E-state index contributed by atoms with van der Waals surface area (Å²) in [6.45, 7) is 0. The van der Waals surface area contributed by atoms with Gasteiger partial charge in [0, 0.05) is 11.5 Å². The number of fused-ring (bicyclic) bond motifs is 3. The highest BCUT2D eigenvalue weighted by atomic mass is 16.1. The van der Waals surface area contributed by atoms with Crippen LogP contribution in [0.5, 0.6) is 0 Å². The monoisotopic (exact) mass is 234 g/mol. The van der Waals surface area contributed by atoms with Gasteiger partial charge in [-0.2, -0.15) is 0 Å². The van der Waals surface area contributed by atoms with E-state index >= 15 is 0 Å². The molecule has 88 valence electrons. The Kier molecular flexibility index (Phi) is 1.99. The van der Waals surface area contributed by atoms with Gasteiger partial charge >= 0.3 is 0 Å². The molecule has 2 aliphatic carbocycles. The predicted octanol–water partition coefficient (Wildman–Crippen LogP) is 3.85. The molecule has 2 aromatic carbocycles. The van der Waals surface area contributed by atoms with Gasteiger partial charge in [0.1, 0.15) is 0 Å². The molecule has 18 heavy (non-hydrogen) atoms. The van der Waals surface area contributed by atoms with Crippen molar-refractivity contribution in [3.8, 4) is 11.1 Å². The molecule has 0 aliphatic heterocycles. The van der Waals surface area contributed by atoms with Crippen molar-refractivity contribution in [2.75, 3.05) is 0 Å². The molecular formula is C17H14O. The van der Waals surface area contributed by atoms with E-state index in [4.69, 9.17) is 0 Å². The zero-order valence-corrected chi connectivity index (χ0v) is 10.1. The number of rotatable bonds is 2. The summed E-state index contributed by atoms with van der Waals surface area (Å²) in [5.41, 5.74) is 6.23. The van der Waals surface area contributed by atoms with E-state index < -0.39 is 0 Å². The van der Waals surface area contributed by atoms with Gasteiger partial charge in [0.2, 0.25) is 0 Å². The van der Waals surface area contributed by atoms with E-state index in [0.29, 0.717) is 11.7 Å². The smallest absolute Gasteiger partial charge is 0.165 e. The Hall–Kier alpha value is -1.89. The normalized spacial score (nSPS) is 16.2. The third-order valence-corrected chi connectivity index (χ3v) is 4.03. The van der Waals surface area contributed by atoms with E-state index in [1.165, 1.54) is 22.3 Å². The molecule has 2 aliphatic rings. The van der Waals surface area contributed by atoms with E-state index in [-0.39, 0.29) is 0 Å². The third-order valence-electron chi connectivity index (χ3n) is 4.03. The molecule has 4 rings (SSSR count). The summed E-state index contributed by atoms with van der Waals surface area (Å²) in [6.07, 6.45) is 3.13. The maximum Gasteiger partial charge on any atom is 0.165 e. The van der Waals surface area contributed by atoms with Crippen molar-refractivity contribution in [1.29, 1.82) is 0 Å². The Morgan fingerprint density at radius 1 is 0.944 bits per heavy atom. The van der Waals surface area contributed by atoms with Crippen LogP contribution in [0.2, 0.25) is 0 Å². The molecule has 1 heteroatoms. The maximum absolute atomic E-state index is 12.1. The second-order valence-corrected chi connectivity index (χ2v) is 5.34. The Bertz CT molecular complexity index is 650. The molecule has 0 aromatic heterocycles. The van der Waals surface area contributed by atoms with Crippen LogP contribution in [0.4, 0.5) is 0 Å². The van der Waals surface area contributed by atoms with Crippen molar-refractivity contribution in [2.24, 2.45) is 5.92 Å². The fourth-order valence-corrected chi connectivity index (χ4v) is 2.88. The third kappa shape index (κ3) is 1.43. The van der Waals surface area contributed by atoms with E-state index in [2.05, 4.69) is 36.4 Å². The number of hydrogen-bond acceptors (Lipinski definition) is 1. The lowest BCUT2D eigenvalue weighted by molar-refractivity contribution is 0.0967. The second-order valence-electron chi connectivity index (χ2n) is 5.34. The minimum Gasteiger partial charge on any atom is -0.294 e. The van der Waals surface area contributed by atoms with Crippen LogP contribution in [0.25, 0.3) is 11.1 Å². The van der Waals surface area contributed by atoms with Crippen LogP contribution in [0.3, 0.4) is 0 Å². The lowest BCUT2D eigenvalue weighted by atomic mass is 10.00. The van der Waals surface area contributed by atoms with Crippen LogP contribution < -0.4 is 0 Å². The van der Waals surface area contributed by atoms with Gasteiger partial charge in [0.05, 0.1) is 0 Å². The molecule has 0 bridgehead atoms. The summed E-state index contributed by atoms with van der Waals surface area (Å²) in [5.74, 6) is 0.653. The first kappa shape index (κ1) is 10.1. The van der Waals surface area contributed by atoms with E-state index in [9.17, 15) is 4.79 Å². The second kappa shape index (κ2) is 3.55. The van der Waals surface area contributed by atoms with E-state index in [0.717, 1.165) is 24.8 Å². The SMILES string of the molecule is O=C(c1ccc2c(c1)Cc1ccccc1-2)C1CC1. The summed E-state index contributed by atoms with van der Waals surface area (Å²) in [7, 11) is 0. The Morgan fingerprint density at radius 2 is 1.72 bits per heavy atom. The van der Waals surface area contributed by atoms with Crippen LogP contribution >= 0.6 is 0 Å². The zero-order chi connectivity index (χ0) is 12.1. The highest BCUT2D eigenvalue weighted by Crippen LogP contribution is 2.38. The number of benzene rings is 2. The molecule has 0 unspecified atom stereocenters. The van der Waals surface area contributed by atoms with Crippen molar-refractivity contribution < 1.29 is 4.79 Å². The summed E-state index contributed by atoms with van der Waals surface area (Å²) in [5, 5.41) is 0. The van der Waals surface area contributed by atoms with Crippen LogP contribution in [-0.2, 0) is 6.42 Å². The van der Waals surface area contributed by atoms with Gasteiger partial charge in [-0.3, -0.25) is 4.79 Å². The number of ketones is 1. The highest BCUT2D eigenvalue weighted by Gasteiger charge is 2.31. The van der Waals surface area contributed by atoms with Crippen molar-refractivity contribution in [2.45, 2.75) is 19.3 Å². The van der Waals surface area contributed by atoms with Gasteiger partial charge in [-0.05, 0) is 47.6 Å². The maximum atomic E-state index is 12.1. The summed E-state index contributed by atoms with van der Waals surface area (Å²) < 4.78 is 0. The molecule has 0 atom stereocenters. The largest absolute Gasteiger partial charge is 0.294 e. The Labute approximate surface area is 106 Å². The quantitative estimate of drug-likeness (QED) is 0.615. The molecule has 0 radical (unpaired) electrons. The van der Waals surface area contributed by atoms with Crippen molar-refractivity contribution >= 4 is 5.78 Å². The molecule has 0 amide bonds. The molecule has 0 saturated heterocycles. The summed E-state index contributed by atoms with van der Waals surface area (Å²) in [4.78, 5) is 12.1. The molecule has 0 heterocycles. The molecule has 2 aromatic rings. The minimum atomic E-state index is 0.312. The van der Waals surface area contributed by atoms with Gasteiger partial charge in [-0.1, -0.05) is 36.4 Å². The van der Waals surface area contributed by atoms with Crippen LogP contribution in [0, 0.1) is 5.92 Å². The number of Topliss-reactive ketones (excluding diaryl/α,β-unsaturated/α-hetero) is 1. The van der Waals surface area contributed by atoms with Gasteiger partial charge in [-0.25, -0.2) is 0 Å². The first-order valence-corrected chi connectivity index (χ1v) is 6.58. The molecule has 1 saturated carbocycles. The fraction of sp³-hybridized carbons (Fsp3) is 0.235. The minimum absolute atomic E-state index is 0.312. The first-order valence-electron chi connectivity index (χ1n) is 6.58. The fourth-order valence-electron chi connectivity index (χ4n) is 2.88. The van der Waals surface area contributed by atoms with Crippen molar-refractivity contribution in [3.63, 3.8) is 0 Å². The van der Waals surface area contributed by atoms with Gasteiger partial charge in [0.25, 0.3) is 0 Å². The zero-order valence-electron chi connectivity index (χ0n) is 10.1. The average Bonchev–Trinajstić information content (AvgIpc) is 3.18. The molecule has 0 N–H and O–H groups in total. The standard InChI is InChI=1S/C17H14O/c18-17(11-5-6-11)13-7-8-16-14(10-13)9-12-3-1-2-4-15(12)16/h1-4,7-8,10-11H,5-6,9H2. The number of carbonyl (C=O) groups excluding carboxylic acids is 1. The van der Waals surface area contributed by atoms with Gasteiger partial charge < -0.3 is 0 Å². The van der Waals surface area contributed by atoms with Gasteiger partial charge in [-0.15, -0.1) is 0 Å². The van der Waals surface area contributed by atoms with Crippen LogP contribution in [-0.4, -0.2) is 5.78 Å². The van der Waals surface area contributed by atoms with E-state index in [1.807, 2.05) is 6.07 Å². The number of hydrogen-bond donors (Lipinski definition) is 0. The Morgan fingerprint density at radius 3 is 2.56 bits per heavy atom. The predicted molar refractivity (Wildman–Crippen MR) is 71.7 cm³/mol. The molecule has 0 spiro atoms. The molecule has 1 fully saturated rings. The van der Waals surface area contributed by atoms with Crippen molar-refractivity contribution in [1.82, 2.24) is 0 Å². The highest BCUT2D eigenvalue weighted by molar-refractivity contribution is 6.00. The molecule has 1 nitrogen and oxygen atoms in total. The van der Waals surface area contributed by atoms with Crippen LogP contribution in [0.15, 0.2) is 42.5 Å². The first-order chi connectivity index (χ1) is 8.83. The average molecular weight is 234 g/mol. The summed E-state index contributed by atoms with van der Waals surface area (Å²) in [6, 6.07) is 14.7. The molecular weight excluding hydrogens is 220 g/mol. The Balaban J connectivity index is 1.79.